The fourth-order valence-electron chi connectivity index (χ4n) is 2.00. The highest BCUT2D eigenvalue weighted by molar-refractivity contribution is 7.99. The van der Waals surface area contributed by atoms with Crippen molar-refractivity contribution in [1.82, 2.24) is 9.55 Å². The number of nitrogens with zero attached hydrogens (tertiary/aromatic N) is 2. The molecule has 20 heavy (non-hydrogen) atoms. The molecule has 0 saturated carbocycles. The molecule has 0 atom stereocenters. The van der Waals surface area contributed by atoms with E-state index in [4.69, 9.17) is 5.14 Å². The molecule has 0 spiro atoms. The van der Waals surface area contributed by atoms with Gasteiger partial charge in [0.05, 0.1) is 15.9 Å². The third-order valence-corrected chi connectivity index (χ3v) is 4.71. The maximum absolute atomic E-state index is 11.4. The number of nitrogens with two attached hydrogens (primary N) is 1. The van der Waals surface area contributed by atoms with Gasteiger partial charge in [-0.1, -0.05) is 32.5 Å². The quantitative estimate of drug-likeness (QED) is 0.861. The lowest BCUT2D eigenvalue weighted by Crippen LogP contribution is -2.11. The van der Waals surface area contributed by atoms with E-state index in [2.05, 4.69) is 30.3 Å². The van der Waals surface area contributed by atoms with E-state index in [0.29, 0.717) is 10.8 Å². The molecule has 0 aliphatic carbocycles. The largest absolute Gasteiger partial charge is 0.319 e. The Balaban J connectivity index is 2.60. The molecule has 1 aromatic carbocycles. The van der Waals surface area contributed by atoms with Crippen molar-refractivity contribution in [3.05, 3.63) is 18.2 Å². The molecule has 7 heteroatoms. The van der Waals surface area contributed by atoms with Crippen LogP contribution in [0.4, 0.5) is 0 Å². The number of hydrogen-bond donors (Lipinski definition) is 1. The number of hydrogen-bond acceptors (Lipinski definition) is 4. The molecule has 0 bridgehead atoms. The minimum atomic E-state index is -3.69. The zero-order valence-corrected chi connectivity index (χ0v) is 13.5. The van der Waals surface area contributed by atoms with Gasteiger partial charge in [-0.3, -0.25) is 0 Å². The minimum Gasteiger partial charge on any atom is -0.319 e. The fraction of sp³-hybridized carbons (Fsp3) is 0.462. The van der Waals surface area contributed by atoms with E-state index in [9.17, 15) is 8.42 Å². The Labute approximate surface area is 123 Å². The van der Waals surface area contributed by atoms with Crippen LogP contribution in [0.3, 0.4) is 0 Å². The second-order valence-corrected chi connectivity index (χ2v) is 8.01. The number of aryl methyl sites for hydroxylation is 1. The number of aromatic nitrogens is 2. The Hall–Kier alpha value is -1.05. The standard InChI is InChI=1S/C13H19N3O2S2/c1-4-7-16-12-6-5-10(20(14,17)18)8-11(12)15-13(16)19-9(2)3/h5-6,8-9H,4,7H2,1-3H3,(H2,14,17,18). The van der Waals surface area contributed by atoms with E-state index in [1.807, 2.05) is 0 Å². The van der Waals surface area contributed by atoms with Crippen LogP contribution in [0.1, 0.15) is 27.2 Å². The van der Waals surface area contributed by atoms with Gasteiger partial charge >= 0.3 is 0 Å². The van der Waals surface area contributed by atoms with Crippen molar-refractivity contribution in [2.45, 2.75) is 49.0 Å². The predicted octanol–water partition coefficient (Wildman–Crippen LogP) is 2.59. The molecule has 0 aliphatic heterocycles. The predicted molar refractivity (Wildman–Crippen MR) is 82.4 cm³/mol. The average Bonchev–Trinajstić information content (AvgIpc) is 2.65. The van der Waals surface area contributed by atoms with Gasteiger partial charge in [-0.05, 0) is 24.6 Å². The normalized spacial score (nSPS) is 12.4. The Morgan fingerprint density at radius 3 is 2.65 bits per heavy atom. The first kappa shape index (κ1) is 15.3. The monoisotopic (exact) mass is 313 g/mol. The average molecular weight is 313 g/mol. The van der Waals surface area contributed by atoms with Crippen LogP contribution in [0.25, 0.3) is 11.0 Å². The van der Waals surface area contributed by atoms with Crippen LogP contribution in [-0.4, -0.2) is 23.2 Å². The summed E-state index contributed by atoms with van der Waals surface area (Å²) in [6.45, 7) is 7.18. The van der Waals surface area contributed by atoms with Gasteiger partial charge < -0.3 is 4.57 Å². The Bertz CT molecular complexity index is 721. The second-order valence-electron chi connectivity index (χ2n) is 4.91. The molecule has 0 fully saturated rings. The number of fused-ring (bicyclic) bond motifs is 1. The lowest BCUT2D eigenvalue weighted by molar-refractivity contribution is 0.598. The van der Waals surface area contributed by atoms with E-state index in [1.54, 1.807) is 23.9 Å². The summed E-state index contributed by atoms with van der Waals surface area (Å²) >= 11 is 1.68. The highest BCUT2D eigenvalue weighted by atomic mass is 32.2. The van der Waals surface area contributed by atoms with E-state index in [1.165, 1.54) is 6.07 Å². The lowest BCUT2D eigenvalue weighted by atomic mass is 10.3. The van der Waals surface area contributed by atoms with Crippen LogP contribution in [0.5, 0.6) is 0 Å². The second kappa shape index (κ2) is 5.75. The molecule has 1 heterocycles. The van der Waals surface area contributed by atoms with Crippen molar-refractivity contribution in [2.24, 2.45) is 5.14 Å². The van der Waals surface area contributed by atoms with Gasteiger partial charge in [-0.2, -0.15) is 0 Å². The third kappa shape index (κ3) is 3.16. The summed E-state index contributed by atoms with van der Waals surface area (Å²) in [5.74, 6) is 0. The van der Waals surface area contributed by atoms with Crippen LogP contribution < -0.4 is 5.14 Å². The summed E-state index contributed by atoms with van der Waals surface area (Å²) in [6, 6.07) is 4.86. The molecule has 2 rings (SSSR count). The topological polar surface area (TPSA) is 78.0 Å². The summed E-state index contributed by atoms with van der Waals surface area (Å²) in [6.07, 6.45) is 0.994. The molecule has 1 aromatic heterocycles. The van der Waals surface area contributed by atoms with Crippen molar-refractivity contribution in [2.75, 3.05) is 0 Å². The molecule has 0 saturated heterocycles. The number of imidazole rings is 1. The van der Waals surface area contributed by atoms with Crippen molar-refractivity contribution in [3.63, 3.8) is 0 Å². The Kier molecular flexibility index (Phi) is 4.41. The molecule has 0 unspecified atom stereocenters. The zero-order chi connectivity index (χ0) is 14.9. The lowest BCUT2D eigenvalue weighted by Gasteiger charge is -2.08. The number of rotatable bonds is 5. The number of benzene rings is 1. The zero-order valence-electron chi connectivity index (χ0n) is 11.8. The summed E-state index contributed by atoms with van der Waals surface area (Å²) in [5.41, 5.74) is 1.62. The highest BCUT2D eigenvalue weighted by Gasteiger charge is 2.15. The smallest absolute Gasteiger partial charge is 0.238 e. The summed E-state index contributed by atoms with van der Waals surface area (Å²) < 4.78 is 25.0. The van der Waals surface area contributed by atoms with Gasteiger partial charge in [0.25, 0.3) is 0 Å². The van der Waals surface area contributed by atoms with E-state index < -0.39 is 10.0 Å². The molecule has 110 valence electrons. The Morgan fingerprint density at radius 2 is 2.10 bits per heavy atom. The highest BCUT2D eigenvalue weighted by Crippen LogP contribution is 2.28. The molecule has 5 nitrogen and oxygen atoms in total. The molecule has 0 aliphatic rings. The van der Waals surface area contributed by atoms with Gasteiger partial charge in [0.15, 0.2) is 5.16 Å². The number of primary sulfonamides is 1. The third-order valence-electron chi connectivity index (χ3n) is 2.80. The Morgan fingerprint density at radius 1 is 1.40 bits per heavy atom. The van der Waals surface area contributed by atoms with Crippen LogP contribution >= 0.6 is 11.8 Å². The first-order valence-electron chi connectivity index (χ1n) is 6.52. The van der Waals surface area contributed by atoms with Gasteiger partial charge in [0.1, 0.15) is 0 Å². The fourth-order valence-corrected chi connectivity index (χ4v) is 3.43. The maximum atomic E-state index is 11.4. The van der Waals surface area contributed by atoms with Crippen LogP contribution in [-0.2, 0) is 16.6 Å². The molecular weight excluding hydrogens is 294 g/mol. The molecular formula is C13H19N3O2S2. The van der Waals surface area contributed by atoms with E-state index >= 15 is 0 Å². The van der Waals surface area contributed by atoms with Crippen molar-refractivity contribution in [1.29, 1.82) is 0 Å². The van der Waals surface area contributed by atoms with Crippen LogP contribution in [0.2, 0.25) is 0 Å². The minimum absolute atomic E-state index is 0.104. The van der Waals surface area contributed by atoms with E-state index in [0.717, 1.165) is 23.6 Å². The van der Waals surface area contributed by atoms with Gasteiger partial charge in [-0.15, -0.1) is 0 Å². The van der Waals surface area contributed by atoms with Crippen molar-refractivity contribution in [3.8, 4) is 0 Å². The van der Waals surface area contributed by atoms with Crippen molar-refractivity contribution < 1.29 is 8.42 Å². The molecule has 2 aromatic rings. The van der Waals surface area contributed by atoms with Crippen LogP contribution in [0, 0.1) is 0 Å². The summed E-state index contributed by atoms with van der Waals surface area (Å²) in [4.78, 5) is 4.66. The van der Waals surface area contributed by atoms with Gasteiger partial charge in [-0.25, -0.2) is 18.5 Å². The molecule has 2 N–H and O–H groups in total. The summed E-state index contributed by atoms with van der Waals surface area (Å²) in [7, 11) is -3.69. The maximum Gasteiger partial charge on any atom is 0.238 e. The summed E-state index contributed by atoms with van der Waals surface area (Å²) in [5, 5.41) is 6.50. The SMILES string of the molecule is CCCn1c(SC(C)C)nc2cc(S(N)(=O)=O)ccc21. The van der Waals surface area contributed by atoms with Gasteiger partial charge in [0, 0.05) is 11.8 Å². The number of sulfonamides is 1. The van der Waals surface area contributed by atoms with Gasteiger partial charge in [0.2, 0.25) is 10.0 Å². The first-order chi connectivity index (χ1) is 9.32. The molecule has 0 amide bonds. The van der Waals surface area contributed by atoms with Crippen LogP contribution in [0.15, 0.2) is 28.3 Å². The molecule has 0 radical (unpaired) electrons. The number of thioether (sulfide) groups is 1. The first-order valence-corrected chi connectivity index (χ1v) is 8.95. The van der Waals surface area contributed by atoms with Crippen molar-refractivity contribution >= 4 is 32.8 Å². The van der Waals surface area contributed by atoms with E-state index in [-0.39, 0.29) is 4.90 Å².